The van der Waals surface area contributed by atoms with Gasteiger partial charge >= 0.3 is 0 Å². The van der Waals surface area contributed by atoms with Crippen LogP contribution in [-0.4, -0.2) is 29.0 Å². The first-order valence-corrected chi connectivity index (χ1v) is 8.91. The molecule has 4 N–H and O–H groups in total. The Balaban J connectivity index is 1.72. The summed E-state index contributed by atoms with van der Waals surface area (Å²) in [6.07, 6.45) is 4.03. The molecule has 128 valence electrons. The Morgan fingerprint density at radius 1 is 1.04 bits per heavy atom. The van der Waals surface area contributed by atoms with E-state index < -0.39 is 0 Å². The van der Waals surface area contributed by atoms with Crippen molar-refractivity contribution in [3.05, 3.63) is 60.3 Å². The van der Waals surface area contributed by atoms with Gasteiger partial charge in [0.05, 0.1) is 0 Å². The van der Waals surface area contributed by atoms with Gasteiger partial charge in [-0.1, -0.05) is 42.5 Å². The summed E-state index contributed by atoms with van der Waals surface area (Å²) in [5.41, 5.74) is 15.7. The lowest BCUT2D eigenvalue weighted by Crippen LogP contribution is -2.39. The van der Waals surface area contributed by atoms with Crippen molar-refractivity contribution in [3.8, 4) is 11.1 Å². The van der Waals surface area contributed by atoms with Crippen molar-refractivity contribution in [1.29, 1.82) is 0 Å². The van der Waals surface area contributed by atoms with Crippen LogP contribution in [0.1, 0.15) is 18.4 Å². The maximum Gasteiger partial charge on any atom is 0.131 e. The Bertz CT molecular complexity index is 868. The molecule has 0 aliphatic carbocycles. The molecule has 2 heterocycles. The van der Waals surface area contributed by atoms with Crippen LogP contribution in [0.3, 0.4) is 0 Å². The predicted molar refractivity (Wildman–Crippen MR) is 104 cm³/mol. The quantitative estimate of drug-likeness (QED) is 0.771. The molecule has 4 heteroatoms. The van der Waals surface area contributed by atoms with E-state index in [0.717, 1.165) is 49.0 Å². The van der Waals surface area contributed by atoms with Crippen molar-refractivity contribution in [2.45, 2.75) is 25.4 Å². The summed E-state index contributed by atoms with van der Waals surface area (Å²) in [7, 11) is 0. The first kappa shape index (κ1) is 16.1. The number of piperidine rings is 1. The second kappa shape index (κ2) is 6.82. The number of nitrogens with two attached hydrogens (primary N) is 2. The average molecular weight is 332 g/mol. The molecule has 4 nitrogen and oxygen atoms in total. The van der Waals surface area contributed by atoms with E-state index in [1.165, 1.54) is 10.9 Å². The topological polar surface area (TPSA) is 68.2 Å². The number of hydrogen-bond donors (Lipinski definition) is 2. The molecule has 1 fully saturated rings. The van der Waals surface area contributed by atoms with Crippen molar-refractivity contribution in [2.75, 3.05) is 18.8 Å². The van der Waals surface area contributed by atoms with Gasteiger partial charge in [0.15, 0.2) is 0 Å². The van der Waals surface area contributed by atoms with E-state index in [2.05, 4.69) is 40.2 Å². The van der Waals surface area contributed by atoms with Crippen LogP contribution in [0.5, 0.6) is 0 Å². The molecule has 0 unspecified atom stereocenters. The third-order valence-corrected chi connectivity index (χ3v) is 5.09. The molecule has 25 heavy (non-hydrogen) atoms. The number of rotatable bonds is 3. The Morgan fingerprint density at radius 2 is 1.80 bits per heavy atom. The molecule has 1 saturated heterocycles. The lowest BCUT2D eigenvalue weighted by Gasteiger charge is -2.30. The molecule has 0 atom stereocenters. The molecule has 0 bridgehead atoms. The van der Waals surface area contributed by atoms with Crippen LogP contribution < -0.4 is 11.5 Å². The number of fused-ring (bicyclic) bond motifs is 1. The van der Waals surface area contributed by atoms with Crippen LogP contribution in [-0.2, 0) is 6.54 Å². The van der Waals surface area contributed by atoms with E-state index >= 15 is 0 Å². The van der Waals surface area contributed by atoms with Crippen molar-refractivity contribution >= 4 is 16.6 Å². The summed E-state index contributed by atoms with van der Waals surface area (Å²) < 4.78 is 0. The number of nitrogens with zero attached hydrogens (tertiary/aromatic N) is 2. The van der Waals surface area contributed by atoms with E-state index in [1.54, 1.807) is 0 Å². The molecular weight excluding hydrogens is 308 g/mol. The first-order valence-electron chi connectivity index (χ1n) is 8.91. The Labute approximate surface area is 148 Å². The third kappa shape index (κ3) is 3.36. The maximum absolute atomic E-state index is 6.23. The summed E-state index contributed by atoms with van der Waals surface area (Å²) >= 11 is 0. The van der Waals surface area contributed by atoms with Gasteiger partial charge in [0.2, 0.25) is 0 Å². The monoisotopic (exact) mass is 332 g/mol. The van der Waals surface area contributed by atoms with Gasteiger partial charge in [-0.2, -0.15) is 0 Å². The molecule has 3 aromatic rings. The van der Waals surface area contributed by atoms with Crippen LogP contribution >= 0.6 is 0 Å². The predicted octanol–water partition coefficient (Wildman–Crippen LogP) is 3.41. The fraction of sp³-hybridized carbons (Fsp3) is 0.286. The summed E-state index contributed by atoms with van der Waals surface area (Å²) in [6, 6.07) is 17.3. The molecule has 1 aromatic heterocycles. The smallest absolute Gasteiger partial charge is 0.131 e. The summed E-state index contributed by atoms with van der Waals surface area (Å²) in [5, 5.41) is 2.29. The van der Waals surface area contributed by atoms with E-state index in [-0.39, 0.29) is 0 Å². The van der Waals surface area contributed by atoms with Gasteiger partial charge < -0.3 is 11.5 Å². The van der Waals surface area contributed by atoms with E-state index in [4.69, 9.17) is 11.5 Å². The summed E-state index contributed by atoms with van der Waals surface area (Å²) in [4.78, 5) is 6.87. The summed E-state index contributed by atoms with van der Waals surface area (Å²) in [6.45, 7) is 3.10. The fourth-order valence-electron chi connectivity index (χ4n) is 3.65. The first-order chi connectivity index (χ1) is 12.2. The second-order valence-corrected chi connectivity index (χ2v) is 6.92. The van der Waals surface area contributed by atoms with Gasteiger partial charge in [0, 0.05) is 29.7 Å². The lowest BCUT2D eigenvalue weighted by atomic mass is 9.97. The minimum atomic E-state index is 0.364. The molecule has 0 amide bonds. The molecule has 0 spiro atoms. The highest BCUT2D eigenvalue weighted by Crippen LogP contribution is 2.33. The molecule has 0 saturated carbocycles. The number of pyridine rings is 1. The number of likely N-dealkylation sites (tertiary alicyclic amines) is 1. The van der Waals surface area contributed by atoms with E-state index in [0.29, 0.717) is 11.9 Å². The minimum absolute atomic E-state index is 0.364. The van der Waals surface area contributed by atoms with Crippen molar-refractivity contribution < 1.29 is 0 Å². The number of aromatic nitrogens is 1. The average Bonchev–Trinajstić information content (AvgIpc) is 2.64. The van der Waals surface area contributed by atoms with Gasteiger partial charge in [-0.25, -0.2) is 4.98 Å². The number of anilines is 1. The van der Waals surface area contributed by atoms with Crippen LogP contribution in [0.2, 0.25) is 0 Å². The number of hydrogen-bond acceptors (Lipinski definition) is 4. The van der Waals surface area contributed by atoms with Crippen LogP contribution in [0.25, 0.3) is 21.9 Å². The highest BCUT2D eigenvalue weighted by atomic mass is 15.1. The van der Waals surface area contributed by atoms with Gasteiger partial charge in [-0.15, -0.1) is 0 Å². The lowest BCUT2D eigenvalue weighted by molar-refractivity contribution is 0.206. The van der Waals surface area contributed by atoms with Gasteiger partial charge in [-0.3, -0.25) is 4.90 Å². The highest BCUT2D eigenvalue weighted by molar-refractivity contribution is 6.00. The Kier molecular flexibility index (Phi) is 4.38. The third-order valence-electron chi connectivity index (χ3n) is 5.09. The van der Waals surface area contributed by atoms with Gasteiger partial charge in [-0.05, 0) is 48.5 Å². The normalized spacial score (nSPS) is 16.4. The van der Waals surface area contributed by atoms with Crippen LogP contribution in [0.15, 0.2) is 54.7 Å². The van der Waals surface area contributed by atoms with Crippen molar-refractivity contribution in [1.82, 2.24) is 9.88 Å². The number of nitrogen functional groups attached to an aromatic ring is 1. The van der Waals surface area contributed by atoms with Crippen LogP contribution in [0.4, 0.5) is 5.82 Å². The zero-order valence-electron chi connectivity index (χ0n) is 14.4. The zero-order valence-corrected chi connectivity index (χ0v) is 14.4. The second-order valence-electron chi connectivity index (χ2n) is 6.92. The van der Waals surface area contributed by atoms with E-state index in [9.17, 15) is 0 Å². The van der Waals surface area contributed by atoms with Crippen LogP contribution in [0, 0.1) is 0 Å². The molecule has 0 radical (unpaired) electrons. The maximum atomic E-state index is 6.23. The highest BCUT2D eigenvalue weighted by Gasteiger charge is 2.16. The van der Waals surface area contributed by atoms with Gasteiger partial charge in [0.25, 0.3) is 0 Å². The SMILES string of the molecule is Nc1ncc2ccc(CN3CCC(N)CC3)cc2c1-c1ccccc1. The standard InChI is InChI=1S/C21H24N4/c22-18-8-10-25(11-9-18)14-15-6-7-17-13-24-21(23)20(19(17)12-15)16-4-2-1-3-5-16/h1-7,12-13,18H,8-11,14,22H2,(H2,23,24). The van der Waals surface area contributed by atoms with Crippen molar-refractivity contribution in [2.24, 2.45) is 5.73 Å². The minimum Gasteiger partial charge on any atom is -0.383 e. The number of benzene rings is 2. The molecule has 4 rings (SSSR count). The van der Waals surface area contributed by atoms with Gasteiger partial charge in [0.1, 0.15) is 5.82 Å². The Morgan fingerprint density at radius 3 is 2.56 bits per heavy atom. The Hall–Kier alpha value is -2.43. The van der Waals surface area contributed by atoms with E-state index in [1.807, 2.05) is 24.4 Å². The zero-order chi connectivity index (χ0) is 17.2. The fourth-order valence-corrected chi connectivity index (χ4v) is 3.65. The molecular formula is C21H24N4. The molecule has 1 aliphatic rings. The largest absolute Gasteiger partial charge is 0.383 e. The molecule has 2 aromatic carbocycles. The van der Waals surface area contributed by atoms with Crippen molar-refractivity contribution in [3.63, 3.8) is 0 Å². The summed E-state index contributed by atoms with van der Waals surface area (Å²) in [5.74, 6) is 0.583. The molecule has 1 aliphatic heterocycles.